The second-order valence-corrected chi connectivity index (χ2v) is 6.85. The Labute approximate surface area is 171 Å². The van der Waals surface area contributed by atoms with Crippen LogP contribution in [0.3, 0.4) is 0 Å². The highest BCUT2D eigenvalue weighted by molar-refractivity contribution is 6.04. The van der Waals surface area contributed by atoms with Gasteiger partial charge in [0.15, 0.2) is 0 Å². The molecule has 0 aliphatic carbocycles. The van der Waals surface area contributed by atoms with Gasteiger partial charge in [-0.2, -0.15) is 5.10 Å². The highest BCUT2D eigenvalue weighted by Crippen LogP contribution is 2.24. The summed E-state index contributed by atoms with van der Waals surface area (Å²) in [5, 5.41) is 4.82. The fraction of sp³-hybridized carbons (Fsp3) is 0.227. The van der Waals surface area contributed by atoms with Crippen molar-refractivity contribution in [3.63, 3.8) is 0 Å². The van der Waals surface area contributed by atoms with Crippen molar-refractivity contribution < 1.29 is 9.47 Å². The van der Waals surface area contributed by atoms with Crippen LogP contribution in [0.1, 0.15) is 25.3 Å². The summed E-state index contributed by atoms with van der Waals surface area (Å²) in [6.07, 6.45) is 3.53. The smallest absolute Gasteiger partial charge is 0.350 e. The molecule has 0 fully saturated rings. The number of nitrogens with one attached hydrogen (secondary N) is 2. The summed E-state index contributed by atoms with van der Waals surface area (Å²) in [5.74, 6) is 1.42. The van der Waals surface area contributed by atoms with Crippen LogP contribution in [-0.2, 0) is 0 Å². The molecule has 8 heteroatoms. The Hall–Kier alpha value is -3.81. The van der Waals surface area contributed by atoms with Crippen LogP contribution >= 0.6 is 0 Å². The van der Waals surface area contributed by atoms with E-state index in [0.717, 1.165) is 34.2 Å². The van der Waals surface area contributed by atoms with E-state index in [1.807, 2.05) is 24.3 Å². The Bertz CT molecular complexity index is 1330. The zero-order valence-corrected chi connectivity index (χ0v) is 16.8. The first-order valence-electron chi connectivity index (χ1n) is 9.72. The average Bonchev–Trinajstić information content (AvgIpc) is 3.12. The maximum atomic E-state index is 12.8. The quantitative estimate of drug-likeness (QED) is 0.363. The fourth-order valence-corrected chi connectivity index (χ4v) is 3.17. The Morgan fingerprint density at radius 3 is 2.53 bits per heavy atom. The molecule has 0 saturated heterocycles. The van der Waals surface area contributed by atoms with Gasteiger partial charge >= 0.3 is 11.2 Å². The molecule has 0 radical (unpaired) electrons. The van der Waals surface area contributed by atoms with Crippen LogP contribution in [-0.4, -0.2) is 34.6 Å². The maximum Gasteiger partial charge on any atom is 0.350 e. The minimum atomic E-state index is -0.611. The summed E-state index contributed by atoms with van der Waals surface area (Å²) in [5.41, 5.74) is 1.01. The Morgan fingerprint density at radius 2 is 1.80 bits per heavy atom. The molecular weight excluding hydrogens is 384 g/mol. The second-order valence-electron chi connectivity index (χ2n) is 6.85. The molecule has 2 N–H and O–H groups in total. The van der Waals surface area contributed by atoms with Crippen molar-refractivity contribution in [3.8, 4) is 11.5 Å². The Morgan fingerprint density at radius 1 is 1.03 bits per heavy atom. The van der Waals surface area contributed by atoms with Crippen molar-refractivity contribution in [1.82, 2.24) is 14.6 Å². The molecule has 4 rings (SSSR count). The summed E-state index contributed by atoms with van der Waals surface area (Å²) >= 11 is 0. The van der Waals surface area contributed by atoms with E-state index >= 15 is 0 Å². The lowest BCUT2D eigenvalue weighted by molar-refractivity contribution is 0.309. The lowest BCUT2D eigenvalue weighted by Gasteiger charge is -2.04. The van der Waals surface area contributed by atoms with Gasteiger partial charge in [0.25, 0.3) is 0 Å². The molecule has 0 amide bonds. The number of methoxy groups -OCH3 is 1. The lowest BCUT2D eigenvalue weighted by atomic mass is 10.2. The normalized spacial score (nSPS) is 11.5. The van der Waals surface area contributed by atoms with E-state index in [-0.39, 0.29) is 5.52 Å². The Balaban J connectivity index is 1.66. The predicted octanol–water partition coefficient (Wildman–Crippen LogP) is 3.24. The van der Waals surface area contributed by atoms with Crippen molar-refractivity contribution in [3.05, 3.63) is 68.9 Å². The SMILES string of the molecule is CCCCOc1ccc(C=Nn2c(=O)[nH]c3c([nH]c4cc(OC)ccc43)c2=O)cc1. The third-order valence-electron chi connectivity index (χ3n) is 4.81. The van der Waals surface area contributed by atoms with Gasteiger partial charge in [-0.3, -0.25) is 4.79 Å². The largest absolute Gasteiger partial charge is 0.497 e. The van der Waals surface area contributed by atoms with Gasteiger partial charge in [0.05, 0.1) is 31.0 Å². The molecule has 0 atom stereocenters. The fourth-order valence-electron chi connectivity index (χ4n) is 3.17. The molecule has 0 unspecified atom stereocenters. The zero-order valence-electron chi connectivity index (χ0n) is 16.8. The topological polar surface area (TPSA) is 101 Å². The second kappa shape index (κ2) is 8.28. The molecule has 2 aromatic carbocycles. The van der Waals surface area contributed by atoms with Crippen molar-refractivity contribution in [2.45, 2.75) is 19.8 Å². The number of ether oxygens (including phenoxy) is 2. The third kappa shape index (κ3) is 3.71. The van der Waals surface area contributed by atoms with E-state index in [0.29, 0.717) is 23.4 Å². The molecule has 0 aliphatic rings. The summed E-state index contributed by atoms with van der Waals surface area (Å²) in [4.78, 5) is 31.1. The maximum absolute atomic E-state index is 12.8. The monoisotopic (exact) mass is 406 g/mol. The van der Waals surface area contributed by atoms with E-state index < -0.39 is 11.2 Å². The van der Waals surface area contributed by atoms with Gasteiger partial charge in [0.1, 0.15) is 17.0 Å². The third-order valence-corrected chi connectivity index (χ3v) is 4.81. The van der Waals surface area contributed by atoms with Crippen LogP contribution in [0.4, 0.5) is 0 Å². The highest BCUT2D eigenvalue weighted by atomic mass is 16.5. The summed E-state index contributed by atoms with van der Waals surface area (Å²) in [6, 6.07) is 12.6. The van der Waals surface area contributed by atoms with E-state index in [1.165, 1.54) is 6.21 Å². The van der Waals surface area contributed by atoms with Crippen LogP contribution in [0.25, 0.3) is 21.9 Å². The standard InChI is InChI=1S/C22H22N4O4/c1-3-4-11-30-15-7-5-14(6-8-15)13-23-26-21(27)20-19(25-22(26)28)17-10-9-16(29-2)12-18(17)24-20/h5-10,12-13,24H,3-4,11H2,1-2H3,(H,25,28). The number of fused-ring (bicyclic) bond motifs is 3. The number of hydrogen-bond acceptors (Lipinski definition) is 5. The zero-order chi connectivity index (χ0) is 21.1. The molecule has 30 heavy (non-hydrogen) atoms. The number of H-pyrrole nitrogens is 2. The number of unbranched alkanes of at least 4 members (excludes halogenated alkanes) is 1. The van der Waals surface area contributed by atoms with Gasteiger partial charge in [-0.1, -0.05) is 13.3 Å². The van der Waals surface area contributed by atoms with Crippen LogP contribution in [0.5, 0.6) is 11.5 Å². The first-order valence-corrected chi connectivity index (χ1v) is 9.72. The van der Waals surface area contributed by atoms with Crippen molar-refractivity contribution in [2.75, 3.05) is 13.7 Å². The van der Waals surface area contributed by atoms with E-state index in [2.05, 4.69) is 22.0 Å². The van der Waals surface area contributed by atoms with Crippen molar-refractivity contribution in [2.24, 2.45) is 5.10 Å². The van der Waals surface area contributed by atoms with Crippen LogP contribution < -0.4 is 20.7 Å². The summed E-state index contributed by atoms with van der Waals surface area (Å²) < 4.78 is 11.6. The number of rotatable bonds is 7. The lowest BCUT2D eigenvalue weighted by Crippen LogP contribution is -2.32. The van der Waals surface area contributed by atoms with Gasteiger partial charge in [-0.25, -0.2) is 4.79 Å². The molecule has 0 bridgehead atoms. The molecule has 0 saturated carbocycles. The first kappa shape index (κ1) is 19.5. The molecule has 2 aromatic heterocycles. The van der Waals surface area contributed by atoms with Crippen LogP contribution in [0.2, 0.25) is 0 Å². The minimum Gasteiger partial charge on any atom is -0.497 e. The molecule has 4 aromatic rings. The van der Waals surface area contributed by atoms with Crippen LogP contribution in [0.15, 0.2) is 57.2 Å². The van der Waals surface area contributed by atoms with Gasteiger partial charge in [-0.05, 0) is 48.4 Å². The molecule has 0 aliphatic heterocycles. The van der Waals surface area contributed by atoms with Gasteiger partial charge in [0, 0.05) is 11.5 Å². The molecule has 2 heterocycles. The molecule has 154 valence electrons. The van der Waals surface area contributed by atoms with Crippen molar-refractivity contribution in [1.29, 1.82) is 0 Å². The molecule has 0 spiro atoms. The predicted molar refractivity (Wildman–Crippen MR) is 117 cm³/mol. The minimum absolute atomic E-state index is 0.273. The van der Waals surface area contributed by atoms with E-state index in [9.17, 15) is 9.59 Å². The van der Waals surface area contributed by atoms with E-state index in [4.69, 9.17) is 9.47 Å². The first-order chi connectivity index (χ1) is 14.6. The van der Waals surface area contributed by atoms with E-state index in [1.54, 1.807) is 25.3 Å². The van der Waals surface area contributed by atoms with Gasteiger partial charge < -0.3 is 19.4 Å². The number of hydrogen-bond donors (Lipinski definition) is 2. The van der Waals surface area contributed by atoms with Crippen molar-refractivity contribution >= 4 is 28.2 Å². The van der Waals surface area contributed by atoms with Gasteiger partial charge in [0.2, 0.25) is 0 Å². The van der Waals surface area contributed by atoms with Gasteiger partial charge in [-0.15, -0.1) is 4.68 Å². The van der Waals surface area contributed by atoms with Crippen LogP contribution in [0, 0.1) is 0 Å². The number of nitrogens with zero attached hydrogens (tertiary/aromatic N) is 2. The number of aromatic nitrogens is 3. The average molecular weight is 406 g/mol. The number of aromatic amines is 2. The molecular formula is C22H22N4O4. The summed E-state index contributed by atoms with van der Waals surface area (Å²) in [6.45, 7) is 2.78. The Kier molecular flexibility index (Phi) is 5.38. The molecule has 8 nitrogen and oxygen atoms in total. The number of benzene rings is 2. The summed E-state index contributed by atoms with van der Waals surface area (Å²) in [7, 11) is 1.57. The highest BCUT2D eigenvalue weighted by Gasteiger charge is 2.13.